The van der Waals surface area contributed by atoms with Crippen LogP contribution in [0.25, 0.3) is 0 Å². The fraction of sp³-hybridized carbons (Fsp3) is 0.333. The van der Waals surface area contributed by atoms with Gasteiger partial charge in [-0.25, -0.2) is 4.79 Å². The molecule has 2 aromatic rings. The molecule has 2 atom stereocenters. The number of hydrogen-bond acceptors (Lipinski definition) is 3. The van der Waals surface area contributed by atoms with Gasteiger partial charge in [-0.3, -0.25) is 4.79 Å². The molecule has 0 aliphatic carbocycles. The summed E-state index contributed by atoms with van der Waals surface area (Å²) in [7, 11) is 0. The summed E-state index contributed by atoms with van der Waals surface area (Å²) in [6.45, 7) is 2.50. The van der Waals surface area contributed by atoms with Crippen LogP contribution in [0.15, 0.2) is 53.1 Å². The van der Waals surface area contributed by atoms with E-state index in [0.29, 0.717) is 19.4 Å². The molecule has 24 heavy (non-hydrogen) atoms. The van der Waals surface area contributed by atoms with Crippen LogP contribution in [-0.2, 0) is 11.2 Å². The van der Waals surface area contributed by atoms with Crippen molar-refractivity contribution in [1.29, 1.82) is 0 Å². The zero-order valence-electron chi connectivity index (χ0n) is 13.6. The Bertz CT molecular complexity index is 685. The molecule has 6 nitrogen and oxygen atoms in total. The van der Waals surface area contributed by atoms with Gasteiger partial charge in [0, 0.05) is 24.7 Å². The van der Waals surface area contributed by atoms with Crippen molar-refractivity contribution in [3.05, 3.63) is 54.5 Å². The molecular formula is C18H21N3O3. The van der Waals surface area contributed by atoms with Crippen LogP contribution in [0.3, 0.4) is 0 Å². The summed E-state index contributed by atoms with van der Waals surface area (Å²) >= 11 is 0. The monoisotopic (exact) mass is 327 g/mol. The van der Waals surface area contributed by atoms with Gasteiger partial charge in [0.2, 0.25) is 5.91 Å². The van der Waals surface area contributed by atoms with Crippen LogP contribution in [0.1, 0.15) is 19.1 Å². The summed E-state index contributed by atoms with van der Waals surface area (Å²) in [5.74, 6) is 0.741. The van der Waals surface area contributed by atoms with Gasteiger partial charge >= 0.3 is 6.03 Å². The fourth-order valence-electron chi connectivity index (χ4n) is 2.88. The van der Waals surface area contributed by atoms with Crippen molar-refractivity contribution in [2.75, 3.05) is 11.4 Å². The molecule has 1 aliphatic heterocycles. The predicted molar refractivity (Wildman–Crippen MR) is 90.7 cm³/mol. The maximum atomic E-state index is 12.5. The molecule has 0 unspecified atom stereocenters. The van der Waals surface area contributed by atoms with Crippen molar-refractivity contribution in [1.82, 2.24) is 10.6 Å². The Hall–Kier alpha value is -2.76. The predicted octanol–water partition coefficient (Wildman–Crippen LogP) is 2.32. The number of nitrogens with one attached hydrogen (secondary N) is 2. The Labute approximate surface area is 140 Å². The van der Waals surface area contributed by atoms with Gasteiger partial charge in [-0.15, -0.1) is 0 Å². The van der Waals surface area contributed by atoms with Gasteiger partial charge in [0.15, 0.2) is 0 Å². The van der Waals surface area contributed by atoms with Crippen LogP contribution >= 0.6 is 0 Å². The van der Waals surface area contributed by atoms with E-state index in [-0.39, 0.29) is 18.0 Å². The Morgan fingerprint density at radius 3 is 2.79 bits per heavy atom. The van der Waals surface area contributed by atoms with Crippen molar-refractivity contribution in [3.63, 3.8) is 0 Å². The number of anilines is 1. The number of para-hydroxylation sites is 1. The van der Waals surface area contributed by atoms with Gasteiger partial charge in [0.05, 0.1) is 6.26 Å². The van der Waals surface area contributed by atoms with Crippen molar-refractivity contribution in [2.24, 2.45) is 0 Å². The van der Waals surface area contributed by atoms with E-state index in [9.17, 15) is 9.59 Å². The van der Waals surface area contributed by atoms with Crippen molar-refractivity contribution in [2.45, 2.75) is 31.8 Å². The molecule has 3 amide bonds. The third kappa shape index (κ3) is 3.76. The SMILES string of the molecule is C[C@@H](Cc1ccco1)NC(=O)N[C@@H]1CCN(c2ccccc2)C1=O. The summed E-state index contributed by atoms with van der Waals surface area (Å²) in [5, 5.41) is 5.61. The maximum absolute atomic E-state index is 12.5. The minimum Gasteiger partial charge on any atom is -0.469 e. The summed E-state index contributed by atoms with van der Waals surface area (Å²) < 4.78 is 5.27. The first kappa shape index (κ1) is 16.1. The maximum Gasteiger partial charge on any atom is 0.315 e. The Balaban J connectivity index is 1.51. The van der Waals surface area contributed by atoms with Gasteiger partial charge in [-0.1, -0.05) is 18.2 Å². The summed E-state index contributed by atoms with van der Waals surface area (Å²) in [5.41, 5.74) is 0.860. The first-order chi connectivity index (χ1) is 11.6. The minimum absolute atomic E-state index is 0.0740. The Morgan fingerprint density at radius 2 is 2.08 bits per heavy atom. The van der Waals surface area contributed by atoms with Crippen LogP contribution in [-0.4, -0.2) is 30.6 Å². The molecule has 0 spiro atoms. The van der Waals surface area contributed by atoms with E-state index in [1.165, 1.54) is 0 Å². The molecule has 6 heteroatoms. The van der Waals surface area contributed by atoms with Gasteiger partial charge in [0.1, 0.15) is 11.8 Å². The highest BCUT2D eigenvalue weighted by Crippen LogP contribution is 2.20. The van der Waals surface area contributed by atoms with Crippen LogP contribution in [0.2, 0.25) is 0 Å². The standard InChI is InChI=1S/C18H21N3O3/c1-13(12-15-8-5-11-24-15)19-18(23)20-16-9-10-21(17(16)22)14-6-3-2-4-7-14/h2-8,11,13,16H,9-10,12H2,1H3,(H2,19,20,23)/t13-,16+/m0/s1. The summed E-state index contributed by atoms with van der Waals surface area (Å²) in [4.78, 5) is 26.3. The molecular weight excluding hydrogens is 306 g/mol. The normalized spacial score (nSPS) is 18.5. The molecule has 1 aromatic carbocycles. The van der Waals surface area contributed by atoms with Gasteiger partial charge < -0.3 is 20.0 Å². The lowest BCUT2D eigenvalue weighted by atomic mass is 10.2. The third-order valence-electron chi connectivity index (χ3n) is 4.04. The number of amides is 3. The highest BCUT2D eigenvalue weighted by Gasteiger charge is 2.33. The Morgan fingerprint density at radius 1 is 1.29 bits per heavy atom. The smallest absolute Gasteiger partial charge is 0.315 e. The van der Waals surface area contributed by atoms with Crippen LogP contribution in [0.4, 0.5) is 10.5 Å². The summed E-state index contributed by atoms with van der Waals surface area (Å²) in [6.07, 6.45) is 2.82. The zero-order chi connectivity index (χ0) is 16.9. The molecule has 2 N–H and O–H groups in total. The van der Waals surface area contributed by atoms with Crippen molar-refractivity contribution < 1.29 is 14.0 Å². The highest BCUT2D eigenvalue weighted by molar-refractivity contribution is 6.01. The molecule has 1 aromatic heterocycles. The molecule has 0 saturated carbocycles. The van der Waals surface area contributed by atoms with Gasteiger partial charge in [-0.05, 0) is 37.6 Å². The molecule has 1 fully saturated rings. The minimum atomic E-state index is -0.485. The van der Waals surface area contributed by atoms with Gasteiger partial charge in [-0.2, -0.15) is 0 Å². The number of carbonyl (C=O) groups excluding carboxylic acids is 2. The lowest BCUT2D eigenvalue weighted by Crippen LogP contribution is -2.48. The number of furan rings is 1. The molecule has 126 valence electrons. The second kappa shape index (κ2) is 7.21. The number of benzene rings is 1. The quantitative estimate of drug-likeness (QED) is 0.885. The van der Waals surface area contributed by atoms with Crippen molar-refractivity contribution >= 4 is 17.6 Å². The van der Waals surface area contributed by atoms with E-state index in [4.69, 9.17) is 4.42 Å². The fourth-order valence-corrected chi connectivity index (χ4v) is 2.88. The largest absolute Gasteiger partial charge is 0.469 e. The number of hydrogen-bond donors (Lipinski definition) is 2. The second-order valence-corrected chi connectivity index (χ2v) is 5.97. The number of rotatable bonds is 5. The first-order valence-electron chi connectivity index (χ1n) is 8.09. The molecule has 1 saturated heterocycles. The first-order valence-corrected chi connectivity index (χ1v) is 8.09. The average Bonchev–Trinajstić information content (AvgIpc) is 3.19. The van der Waals surface area contributed by atoms with Gasteiger partial charge in [0.25, 0.3) is 0 Å². The van der Waals surface area contributed by atoms with E-state index in [1.807, 2.05) is 49.4 Å². The average molecular weight is 327 g/mol. The molecule has 0 radical (unpaired) electrons. The highest BCUT2D eigenvalue weighted by atomic mass is 16.3. The summed E-state index contributed by atoms with van der Waals surface area (Å²) in [6, 6.07) is 12.3. The lowest BCUT2D eigenvalue weighted by molar-refractivity contribution is -0.118. The second-order valence-electron chi connectivity index (χ2n) is 5.97. The topological polar surface area (TPSA) is 74.6 Å². The molecule has 1 aliphatic rings. The number of nitrogens with zero attached hydrogens (tertiary/aromatic N) is 1. The van der Waals surface area contributed by atoms with Crippen LogP contribution in [0, 0.1) is 0 Å². The third-order valence-corrected chi connectivity index (χ3v) is 4.04. The molecule has 3 rings (SSSR count). The molecule has 0 bridgehead atoms. The lowest BCUT2D eigenvalue weighted by Gasteiger charge is -2.18. The van der Waals surface area contributed by atoms with Crippen LogP contribution in [0.5, 0.6) is 0 Å². The van der Waals surface area contributed by atoms with E-state index in [0.717, 1.165) is 11.4 Å². The van der Waals surface area contributed by atoms with E-state index >= 15 is 0 Å². The Kier molecular flexibility index (Phi) is 4.84. The zero-order valence-corrected chi connectivity index (χ0v) is 13.6. The van der Waals surface area contributed by atoms with E-state index < -0.39 is 6.04 Å². The van der Waals surface area contributed by atoms with E-state index in [2.05, 4.69) is 10.6 Å². The number of carbonyl (C=O) groups is 2. The van der Waals surface area contributed by atoms with Crippen LogP contribution < -0.4 is 15.5 Å². The van der Waals surface area contributed by atoms with E-state index in [1.54, 1.807) is 11.2 Å². The molecule has 2 heterocycles. The number of urea groups is 1. The van der Waals surface area contributed by atoms with Crippen molar-refractivity contribution in [3.8, 4) is 0 Å².